The second-order valence-corrected chi connectivity index (χ2v) is 4.81. The minimum absolute atomic E-state index is 0.0841. The number of nitrogens with zero attached hydrogens (tertiary/aromatic N) is 1. The van der Waals surface area contributed by atoms with Crippen molar-refractivity contribution in [3.05, 3.63) is 10.1 Å². The highest BCUT2D eigenvalue weighted by molar-refractivity contribution is 4.80. The zero-order valence-electron chi connectivity index (χ0n) is 9.79. The van der Waals surface area contributed by atoms with E-state index in [4.69, 9.17) is 4.84 Å². The van der Waals surface area contributed by atoms with Gasteiger partial charge in [-0.2, -0.15) is 0 Å². The van der Waals surface area contributed by atoms with Gasteiger partial charge in [-0.25, -0.2) is 0 Å². The largest absolute Gasteiger partial charge is 0.308 e. The van der Waals surface area contributed by atoms with Crippen molar-refractivity contribution >= 4 is 0 Å². The summed E-state index contributed by atoms with van der Waals surface area (Å²) in [5.74, 6) is 0. The van der Waals surface area contributed by atoms with Crippen LogP contribution in [0.4, 0.5) is 0 Å². The molecule has 84 valence electrons. The first-order valence-electron chi connectivity index (χ1n) is 5.08. The smallest absolute Gasteiger partial charge is 0.295 e. The SMILES string of the molecule is CCC(C)(C)CC(C)(CC)O[N+](=O)[O-]. The standard InChI is InChI=1S/C10H21NO3/c1-6-9(3,4)8-10(5,7-2)14-11(12)13/h6-8H2,1-5H3. The molecule has 0 fully saturated rings. The molecule has 0 aliphatic rings. The van der Waals surface area contributed by atoms with Gasteiger partial charge in [0.2, 0.25) is 0 Å². The Bertz CT molecular complexity index is 204. The summed E-state index contributed by atoms with van der Waals surface area (Å²) in [5.41, 5.74) is -0.566. The first kappa shape index (κ1) is 13.2. The highest BCUT2D eigenvalue weighted by Gasteiger charge is 2.33. The van der Waals surface area contributed by atoms with Crippen LogP contribution in [0.3, 0.4) is 0 Å². The molecule has 0 aromatic rings. The summed E-state index contributed by atoms with van der Waals surface area (Å²) in [4.78, 5) is 15.1. The van der Waals surface area contributed by atoms with E-state index in [-0.39, 0.29) is 5.41 Å². The number of rotatable bonds is 6. The zero-order chi connectivity index (χ0) is 11.4. The van der Waals surface area contributed by atoms with Gasteiger partial charge in [0.15, 0.2) is 0 Å². The van der Waals surface area contributed by atoms with Crippen molar-refractivity contribution in [3.63, 3.8) is 0 Å². The summed E-state index contributed by atoms with van der Waals surface area (Å²) in [5, 5.41) is 9.65. The van der Waals surface area contributed by atoms with Gasteiger partial charge in [-0.1, -0.05) is 34.1 Å². The molecule has 4 nitrogen and oxygen atoms in total. The summed E-state index contributed by atoms with van der Waals surface area (Å²) < 4.78 is 0. The molecule has 0 rings (SSSR count). The molecule has 0 aromatic heterocycles. The number of hydrogen-bond donors (Lipinski definition) is 0. The third-order valence-corrected chi connectivity index (χ3v) is 2.85. The van der Waals surface area contributed by atoms with Crippen molar-refractivity contribution in [2.45, 2.75) is 59.5 Å². The number of hydrogen-bond acceptors (Lipinski definition) is 3. The lowest BCUT2D eigenvalue weighted by Crippen LogP contribution is -2.35. The first-order valence-corrected chi connectivity index (χ1v) is 5.08. The third kappa shape index (κ3) is 4.44. The average Bonchev–Trinajstić information content (AvgIpc) is 2.02. The molecule has 14 heavy (non-hydrogen) atoms. The maximum Gasteiger partial charge on any atom is 0.295 e. The van der Waals surface area contributed by atoms with Gasteiger partial charge in [-0.3, -0.25) is 0 Å². The van der Waals surface area contributed by atoms with E-state index >= 15 is 0 Å². The molecule has 0 spiro atoms. The van der Waals surface area contributed by atoms with Gasteiger partial charge in [0.25, 0.3) is 5.09 Å². The molecule has 0 amide bonds. The molecule has 0 radical (unpaired) electrons. The van der Waals surface area contributed by atoms with Crippen LogP contribution in [0, 0.1) is 15.5 Å². The van der Waals surface area contributed by atoms with Gasteiger partial charge < -0.3 is 4.84 Å². The fraction of sp³-hybridized carbons (Fsp3) is 1.00. The molecule has 1 atom stereocenters. The van der Waals surface area contributed by atoms with E-state index in [0.717, 1.165) is 6.42 Å². The lowest BCUT2D eigenvalue weighted by atomic mass is 9.78. The molecule has 0 saturated heterocycles. The van der Waals surface area contributed by atoms with Crippen molar-refractivity contribution in [2.24, 2.45) is 5.41 Å². The molecule has 1 unspecified atom stereocenters. The fourth-order valence-corrected chi connectivity index (χ4v) is 1.54. The Balaban J connectivity index is 4.46. The van der Waals surface area contributed by atoms with Gasteiger partial charge in [-0.15, -0.1) is 10.1 Å². The Morgan fingerprint density at radius 3 is 2.00 bits per heavy atom. The van der Waals surface area contributed by atoms with Gasteiger partial charge in [-0.05, 0) is 25.2 Å². The molecule has 0 heterocycles. The van der Waals surface area contributed by atoms with Crippen molar-refractivity contribution in [2.75, 3.05) is 0 Å². The quantitative estimate of drug-likeness (QED) is 0.492. The Kier molecular flexibility index (Phi) is 4.36. The lowest BCUT2D eigenvalue weighted by molar-refractivity contribution is -0.781. The van der Waals surface area contributed by atoms with Crippen LogP contribution in [0.15, 0.2) is 0 Å². The maximum atomic E-state index is 10.3. The minimum Gasteiger partial charge on any atom is -0.308 e. The summed E-state index contributed by atoms with van der Waals surface area (Å²) in [6.07, 6.45) is 2.34. The first-order chi connectivity index (χ1) is 6.24. The summed E-state index contributed by atoms with van der Waals surface area (Å²) in [7, 11) is 0. The van der Waals surface area contributed by atoms with E-state index in [2.05, 4.69) is 20.8 Å². The van der Waals surface area contributed by atoms with Crippen LogP contribution < -0.4 is 0 Å². The van der Waals surface area contributed by atoms with Crippen LogP contribution in [-0.2, 0) is 4.84 Å². The molecule has 0 saturated carbocycles. The molecular formula is C10H21NO3. The van der Waals surface area contributed by atoms with E-state index in [0.29, 0.717) is 12.8 Å². The molecule has 0 N–H and O–H groups in total. The average molecular weight is 203 g/mol. The summed E-state index contributed by atoms with van der Waals surface area (Å²) in [6, 6.07) is 0. The Hall–Kier alpha value is -0.800. The van der Waals surface area contributed by atoms with Gasteiger partial charge in [0, 0.05) is 0 Å². The maximum absolute atomic E-state index is 10.3. The Morgan fingerprint density at radius 1 is 1.21 bits per heavy atom. The van der Waals surface area contributed by atoms with E-state index in [9.17, 15) is 10.1 Å². The highest BCUT2D eigenvalue weighted by Crippen LogP contribution is 2.34. The predicted molar refractivity (Wildman–Crippen MR) is 55.5 cm³/mol. The molecule has 0 bridgehead atoms. The summed E-state index contributed by atoms with van der Waals surface area (Å²) >= 11 is 0. The van der Waals surface area contributed by atoms with Gasteiger partial charge in [0.1, 0.15) is 5.60 Å². The van der Waals surface area contributed by atoms with Crippen LogP contribution >= 0.6 is 0 Å². The van der Waals surface area contributed by atoms with E-state index in [1.807, 2.05) is 6.92 Å². The molecular weight excluding hydrogens is 182 g/mol. The second kappa shape index (κ2) is 4.62. The molecule has 0 aliphatic carbocycles. The summed E-state index contributed by atoms with van der Waals surface area (Å²) in [6.45, 7) is 10.00. The van der Waals surface area contributed by atoms with Crippen LogP contribution in [0.1, 0.15) is 53.9 Å². The molecule has 0 aliphatic heterocycles. The second-order valence-electron chi connectivity index (χ2n) is 4.81. The van der Waals surface area contributed by atoms with E-state index in [1.165, 1.54) is 0 Å². The lowest BCUT2D eigenvalue weighted by Gasteiger charge is -2.34. The van der Waals surface area contributed by atoms with Crippen molar-refractivity contribution in [1.82, 2.24) is 0 Å². The van der Waals surface area contributed by atoms with Crippen LogP contribution in [0.5, 0.6) is 0 Å². The third-order valence-electron chi connectivity index (χ3n) is 2.85. The van der Waals surface area contributed by atoms with Crippen molar-refractivity contribution in [3.8, 4) is 0 Å². The van der Waals surface area contributed by atoms with Crippen LogP contribution in [0.25, 0.3) is 0 Å². The van der Waals surface area contributed by atoms with Gasteiger partial charge >= 0.3 is 0 Å². The predicted octanol–water partition coefficient (Wildman–Crippen LogP) is 3.19. The Labute approximate surface area is 85.7 Å². The van der Waals surface area contributed by atoms with Gasteiger partial charge in [0.05, 0.1) is 0 Å². The zero-order valence-corrected chi connectivity index (χ0v) is 9.79. The molecule has 0 aromatic carbocycles. The molecule has 4 heteroatoms. The van der Waals surface area contributed by atoms with E-state index in [1.54, 1.807) is 6.92 Å². The Morgan fingerprint density at radius 2 is 1.71 bits per heavy atom. The van der Waals surface area contributed by atoms with Crippen molar-refractivity contribution < 1.29 is 9.92 Å². The monoisotopic (exact) mass is 203 g/mol. The fourth-order valence-electron chi connectivity index (χ4n) is 1.54. The van der Waals surface area contributed by atoms with Crippen molar-refractivity contribution in [1.29, 1.82) is 0 Å². The van der Waals surface area contributed by atoms with Crippen LogP contribution in [-0.4, -0.2) is 10.7 Å². The van der Waals surface area contributed by atoms with Crippen LogP contribution in [0.2, 0.25) is 0 Å². The topological polar surface area (TPSA) is 52.4 Å². The highest BCUT2D eigenvalue weighted by atomic mass is 17.0. The normalized spacial score (nSPS) is 16.1. The van der Waals surface area contributed by atoms with E-state index < -0.39 is 10.7 Å². The minimum atomic E-state index is -0.685.